The van der Waals surface area contributed by atoms with Gasteiger partial charge in [-0.15, -0.1) is 0 Å². The SMILES string of the molecule is CCOC(=O)N1CCC(NC(=O)c2cccc(NS(=O)(=O)c3ccc(C)cc3)c2)CC1. The number of ether oxygens (including phenoxy) is 1. The molecule has 1 saturated heterocycles. The van der Waals surface area contributed by atoms with Crippen molar-refractivity contribution in [3.05, 3.63) is 59.7 Å². The number of aryl methyl sites for hydroxylation is 1. The second kappa shape index (κ2) is 9.82. The third-order valence-corrected chi connectivity index (χ3v) is 6.46. The van der Waals surface area contributed by atoms with Crippen LogP contribution in [0.5, 0.6) is 0 Å². The highest BCUT2D eigenvalue weighted by atomic mass is 32.2. The first-order valence-electron chi connectivity index (χ1n) is 10.2. The number of rotatable bonds is 6. The fourth-order valence-electron chi connectivity index (χ4n) is 3.35. The van der Waals surface area contributed by atoms with Crippen LogP contribution in [0.1, 0.15) is 35.7 Å². The third kappa shape index (κ3) is 5.97. The number of piperidine rings is 1. The zero-order chi connectivity index (χ0) is 22.4. The number of hydrogen-bond acceptors (Lipinski definition) is 5. The maximum absolute atomic E-state index is 12.7. The van der Waals surface area contributed by atoms with Gasteiger partial charge in [0.2, 0.25) is 0 Å². The summed E-state index contributed by atoms with van der Waals surface area (Å²) in [5.41, 5.74) is 1.63. The van der Waals surface area contributed by atoms with Crippen LogP contribution in [0.3, 0.4) is 0 Å². The molecule has 1 aliphatic rings. The van der Waals surface area contributed by atoms with Gasteiger partial charge in [-0.1, -0.05) is 23.8 Å². The molecule has 166 valence electrons. The van der Waals surface area contributed by atoms with E-state index in [2.05, 4.69) is 10.0 Å². The van der Waals surface area contributed by atoms with Crippen molar-refractivity contribution in [1.82, 2.24) is 10.2 Å². The normalized spacial score (nSPS) is 14.7. The van der Waals surface area contributed by atoms with Crippen LogP contribution in [-0.2, 0) is 14.8 Å². The summed E-state index contributed by atoms with van der Waals surface area (Å²) < 4.78 is 32.7. The molecular formula is C22H27N3O5S. The molecule has 0 aliphatic carbocycles. The van der Waals surface area contributed by atoms with Crippen LogP contribution in [0, 0.1) is 6.92 Å². The molecular weight excluding hydrogens is 418 g/mol. The Kier molecular flexibility index (Phi) is 7.17. The summed E-state index contributed by atoms with van der Waals surface area (Å²) in [5, 5.41) is 2.96. The van der Waals surface area contributed by atoms with Gasteiger partial charge in [0.1, 0.15) is 0 Å². The second-order valence-corrected chi connectivity index (χ2v) is 9.12. The number of hydrogen-bond donors (Lipinski definition) is 2. The second-order valence-electron chi connectivity index (χ2n) is 7.43. The molecule has 2 N–H and O–H groups in total. The maximum atomic E-state index is 12.7. The highest BCUT2D eigenvalue weighted by Crippen LogP contribution is 2.19. The van der Waals surface area contributed by atoms with Crippen molar-refractivity contribution in [2.24, 2.45) is 0 Å². The highest BCUT2D eigenvalue weighted by Gasteiger charge is 2.25. The molecule has 0 bridgehead atoms. The van der Waals surface area contributed by atoms with Crippen LogP contribution in [-0.4, -0.2) is 51.1 Å². The van der Waals surface area contributed by atoms with Crippen molar-refractivity contribution < 1.29 is 22.7 Å². The molecule has 0 unspecified atom stereocenters. The van der Waals surface area contributed by atoms with Gasteiger partial charge < -0.3 is 15.0 Å². The lowest BCUT2D eigenvalue weighted by molar-refractivity contribution is 0.0860. The van der Waals surface area contributed by atoms with Gasteiger partial charge in [-0.05, 0) is 57.0 Å². The Bertz CT molecular complexity index is 1030. The first-order chi connectivity index (χ1) is 14.8. The number of amides is 2. The van der Waals surface area contributed by atoms with Gasteiger partial charge in [-0.3, -0.25) is 9.52 Å². The fraction of sp³-hybridized carbons (Fsp3) is 0.364. The number of anilines is 1. The molecule has 1 aliphatic heterocycles. The first kappa shape index (κ1) is 22.6. The quantitative estimate of drug-likeness (QED) is 0.711. The Morgan fingerprint density at radius 1 is 1.10 bits per heavy atom. The van der Waals surface area contributed by atoms with Crippen LogP contribution < -0.4 is 10.0 Å². The molecule has 2 aromatic carbocycles. The van der Waals surface area contributed by atoms with Crippen LogP contribution >= 0.6 is 0 Å². The van der Waals surface area contributed by atoms with E-state index in [1.807, 2.05) is 6.92 Å². The van der Waals surface area contributed by atoms with Crippen molar-refractivity contribution in [3.63, 3.8) is 0 Å². The molecule has 3 rings (SSSR count). The lowest BCUT2D eigenvalue weighted by atomic mass is 10.0. The minimum Gasteiger partial charge on any atom is -0.450 e. The van der Waals surface area contributed by atoms with E-state index in [-0.39, 0.29) is 22.9 Å². The van der Waals surface area contributed by atoms with E-state index < -0.39 is 10.0 Å². The lowest BCUT2D eigenvalue weighted by Crippen LogP contribution is -2.46. The molecule has 2 aromatic rings. The summed E-state index contributed by atoms with van der Waals surface area (Å²) in [6.45, 7) is 5.01. The Morgan fingerprint density at radius 3 is 2.42 bits per heavy atom. The molecule has 8 nitrogen and oxygen atoms in total. The Morgan fingerprint density at radius 2 is 1.77 bits per heavy atom. The van der Waals surface area contributed by atoms with Gasteiger partial charge in [0.15, 0.2) is 0 Å². The Labute approximate surface area is 182 Å². The predicted molar refractivity (Wildman–Crippen MR) is 118 cm³/mol. The van der Waals surface area contributed by atoms with E-state index in [9.17, 15) is 18.0 Å². The summed E-state index contributed by atoms with van der Waals surface area (Å²) in [4.78, 5) is 26.2. The van der Waals surface area contributed by atoms with Crippen molar-refractivity contribution in [3.8, 4) is 0 Å². The molecule has 1 fully saturated rings. The number of nitrogens with zero attached hydrogens (tertiary/aromatic N) is 1. The molecule has 2 amide bonds. The smallest absolute Gasteiger partial charge is 0.409 e. The van der Waals surface area contributed by atoms with Crippen LogP contribution in [0.4, 0.5) is 10.5 Å². The largest absolute Gasteiger partial charge is 0.450 e. The molecule has 0 aromatic heterocycles. The highest BCUT2D eigenvalue weighted by molar-refractivity contribution is 7.92. The maximum Gasteiger partial charge on any atom is 0.409 e. The minimum atomic E-state index is -3.75. The monoisotopic (exact) mass is 445 g/mol. The number of likely N-dealkylation sites (tertiary alicyclic amines) is 1. The molecule has 9 heteroatoms. The number of nitrogens with one attached hydrogen (secondary N) is 2. The van der Waals surface area contributed by atoms with E-state index in [0.717, 1.165) is 5.56 Å². The van der Waals surface area contributed by atoms with E-state index in [4.69, 9.17) is 4.74 Å². The minimum absolute atomic E-state index is 0.0638. The Hall–Kier alpha value is -3.07. The summed E-state index contributed by atoms with van der Waals surface area (Å²) >= 11 is 0. The van der Waals surface area contributed by atoms with Crippen molar-refractivity contribution in [2.75, 3.05) is 24.4 Å². The predicted octanol–water partition coefficient (Wildman–Crippen LogP) is 3.15. The van der Waals surface area contributed by atoms with Crippen LogP contribution in [0.25, 0.3) is 0 Å². The molecule has 0 radical (unpaired) electrons. The average Bonchev–Trinajstić information content (AvgIpc) is 2.74. The van der Waals surface area contributed by atoms with E-state index >= 15 is 0 Å². The lowest BCUT2D eigenvalue weighted by Gasteiger charge is -2.31. The summed E-state index contributed by atoms with van der Waals surface area (Å²) in [6, 6.07) is 12.8. The van der Waals surface area contributed by atoms with E-state index in [1.165, 1.54) is 18.2 Å². The van der Waals surface area contributed by atoms with Gasteiger partial charge in [-0.2, -0.15) is 0 Å². The molecule has 1 heterocycles. The molecule has 31 heavy (non-hydrogen) atoms. The number of sulfonamides is 1. The van der Waals surface area contributed by atoms with Gasteiger partial charge in [0.05, 0.1) is 11.5 Å². The van der Waals surface area contributed by atoms with Crippen LogP contribution in [0.15, 0.2) is 53.4 Å². The van der Waals surface area contributed by atoms with Crippen LogP contribution in [0.2, 0.25) is 0 Å². The van der Waals surface area contributed by atoms with Gasteiger partial charge in [0, 0.05) is 30.4 Å². The summed E-state index contributed by atoms with van der Waals surface area (Å²) in [5.74, 6) is -0.286. The van der Waals surface area contributed by atoms with Gasteiger partial charge in [0.25, 0.3) is 15.9 Å². The van der Waals surface area contributed by atoms with Gasteiger partial charge >= 0.3 is 6.09 Å². The first-order valence-corrected chi connectivity index (χ1v) is 11.7. The number of carbonyl (C=O) groups is 2. The molecule has 0 atom stereocenters. The zero-order valence-electron chi connectivity index (χ0n) is 17.6. The van der Waals surface area contributed by atoms with Crippen molar-refractivity contribution >= 4 is 27.7 Å². The number of benzene rings is 2. The Balaban J connectivity index is 1.60. The molecule has 0 spiro atoms. The third-order valence-electron chi connectivity index (χ3n) is 5.06. The van der Waals surface area contributed by atoms with Gasteiger partial charge in [-0.25, -0.2) is 13.2 Å². The summed E-state index contributed by atoms with van der Waals surface area (Å²) in [6.07, 6.45) is 0.926. The fourth-order valence-corrected chi connectivity index (χ4v) is 4.39. The standard InChI is InChI=1S/C22H27N3O5S/c1-3-30-22(27)25-13-11-18(12-14-25)23-21(26)17-5-4-6-19(15-17)24-31(28,29)20-9-7-16(2)8-10-20/h4-10,15,18,24H,3,11-14H2,1-2H3,(H,23,26). The van der Waals surface area contributed by atoms with E-state index in [0.29, 0.717) is 43.8 Å². The summed E-state index contributed by atoms with van der Waals surface area (Å²) in [7, 11) is -3.75. The topological polar surface area (TPSA) is 105 Å². The van der Waals surface area contributed by atoms with Crippen molar-refractivity contribution in [1.29, 1.82) is 0 Å². The average molecular weight is 446 g/mol. The van der Waals surface area contributed by atoms with E-state index in [1.54, 1.807) is 42.2 Å². The van der Waals surface area contributed by atoms with Crippen molar-refractivity contribution in [2.45, 2.75) is 37.6 Å². The zero-order valence-corrected chi connectivity index (χ0v) is 18.4. The molecule has 0 saturated carbocycles. The number of carbonyl (C=O) groups excluding carboxylic acids is 2.